The molecule has 0 unspecified atom stereocenters. The average molecular weight is 463 g/mol. The minimum Gasteiger partial charge on any atom is -0.435 e. The summed E-state index contributed by atoms with van der Waals surface area (Å²) in [5, 5.41) is 3.69. The molecule has 0 spiro atoms. The SMILES string of the molecule is CC(C)c1cn(-c2cccc(OC(F)F)c2)c2ccc(C(=O)NC3(C)CS(=O)(=O)C3)cc12. The highest BCUT2D eigenvalue weighted by Crippen LogP contribution is 2.32. The van der Waals surface area contributed by atoms with Crippen molar-refractivity contribution in [3.05, 3.63) is 59.8 Å². The summed E-state index contributed by atoms with van der Waals surface area (Å²) in [5.41, 5.74) is 2.13. The second-order valence-electron chi connectivity index (χ2n) is 8.76. The number of nitrogens with one attached hydrogen (secondary N) is 1. The first kappa shape index (κ1) is 22.3. The van der Waals surface area contributed by atoms with Gasteiger partial charge >= 0.3 is 6.61 Å². The van der Waals surface area contributed by atoms with Gasteiger partial charge in [0.25, 0.3) is 5.91 Å². The van der Waals surface area contributed by atoms with Crippen molar-refractivity contribution in [3.8, 4) is 11.4 Å². The number of carbonyl (C=O) groups is 1. The predicted octanol–water partition coefficient (Wildman–Crippen LogP) is 4.27. The van der Waals surface area contributed by atoms with Crippen LogP contribution in [0.25, 0.3) is 16.6 Å². The summed E-state index contributed by atoms with van der Waals surface area (Å²) < 4.78 is 54.7. The lowest BCUT2D eigenvalue weighted by molar-refractivity contribution is -0.0498. The molecule has 1 N–H and O–H groups in total. The van der Waals surface area contributed by atoms with E-state index in [0.29, 0.717) is 11.3 Å². The third-order valence-electron chi connectivity index (χ3n) is 5.53. The van der Waals surface area contributed by atoms with Gasteiger partial charge in [-0.2, -0.15) is 8.78 Å². The fourth-order valence-electron chi connectivity index (χ4n) is 4.23. The van der Waals surface area contributed by atoms with Crippen LogP contribution in [0.2, 0.25) is 0 Å². The number of carbonyl (C=O) groups excluding carboxylic acids is 1. The van der Waals surface area contributed by atoms with Crippen LogP contribution in [0.4, 0.5) is 8.78 Å². The molecule has 3 aromatic rings. The Morgan fingerprint density at radius 3 is 2.50 bits per heavy atom. The Hall–Kier alpha value is -2.94. The molecule has 32 heavy (non-hydrogen) atoms. The lowest BCUT2D eigenvalue weighted by atomic mass is 10.0. The van der Waals surface area contributed by atoms with Crippen LogP contribution in [0.5, 0.6) is 5.75 Å². The van der Waals surface area contributed by atoms with E-state index in [1.165, 1.54) is 12.1 Å². The highest BCUT2D eigenvalue weighted by molar-refractivity contribution is 7.93. The van der Waals surface area contributed by atoms with Gasteiger partial charge in [-0.3, -0.25) is 4.79 Å². The number of amides is 1. The third kappa shape index (κ3) is 4.34. The molecule has 170 valence electrons. The van der Waals surface area contributed by atoms with E-state index < -0.39 is 22.0 Å². The van der Waals surface area contributed by atoms with E-state index in [1.807, 2.05) is 24.6 Å². The monoisotopic (exact) mass is 462 g/mol. The van der Waals surface area contributed by atoms with E-state index in [-0.39, 0.29) is 29.1 Å². The van der Waals surface area contributed by atoms with Crippen LogP contribution in [0.1, 0.15) is 42.6 Å². The first-order valence-electron chi connectivity index (χ1n) is 10.2. The van der Waals surface area contributed by atoms with Crippen LogP contribution >= 0.6 is 0 Å². The van der Waals surface area contributed by atoms with Gasteiger partial charge in [0, 0.05) is 28.9 Å². The number of sulfone groups is 1. The molecule has 4 rings (SSSR count). The van der Waals surface area contributed by atoms with Crippen molar-refractivity contribution >= 4 is 26.6 Å². The molecule has 2 aromatic carbocycles. The van der Waals surface area contributed by atoms with Gasteiger partial charge in [-0.25, -0.2) is 8.42 Å². The number of benzene rings is 2. The molecule has 0 radical (unpaired) electrons. The molecule has 2 heterocycles. The molecule has 0 atom stereocenters. The Morgan fingerprint density at radius 1 is 1.16 bits per heavy atom. The van der Waals surface area contributed by atoms with Crippen LogP contribution in [0, 0.1) is 0 Å². The van der Waals surface area contributed by atoms with E-state index in [0.717, 1.165) is 16.5 Å². The van der Waals surface area contributed by atoms with Crippen molar-refractivity contribution in [1.82, 2.24) is 9.88 Å². The first-order valence-corrected chi connectivity index (χ1v) is 12.0. The lowest BCUT2D eigenvalue weighted by Crippen LogP contribution is -2.63. The Bertz CT molecular complexity index is 1290. The zero-order chi connectivity index (χ0) is 23.3. The Balaban J connectivity index is 1.71. The smallest absolute Gasteiger partial charge is 0.387 e. The molecule has 1 fully saturated rings. The number of halogens is 2. The second-order valence-corrected chi connectivity index (χ2v) is 10.8. The molecular weight excluding hydrogens is 438 g/mol. The first-order chi connectivity index (χ1) is 15.0. The number of alkyl halides is 2. The summed E-state index contributed by atoms with van der Waals surface area (Å²) in [6, 6.07) is 11.7. The van der Waals surface area contributed by atoms with Crippen molar-refractivity contribution in [2.45, 2.75) is 38.8 Å². The number of nitrogens with zero attached hydrogens (tertiary/aromatic N) is 1. The molecule has 6 nitrogen and oxygen atoms in total. The van der Waals surface area contributed by atoms with Gasteiger partial charge in [0.15, 0.2) is 9.84 Å². The highest BCUT2D eigenvalue weighted by Gasteiger charge is 2.45. The molecule has 1 amide bonds. The van der Waals surface area contributed by atoms with Crippen molar-refractivity contribution in [2.24, 2.45) is 0 Å². The Kier molecular flexibility index (Phi) is 5.48. The van der Waals surface area contributed by atoms with Gasteiger partial charge in [-0.1, -0.05) is 19.9 Å². The van der Waals surface area contributed by atoms with Crippen LogP contribution in [-0.2, 0) is 9.84 Å². The topological polar surface area (TPSA) is 77.4 Å². The summed E-state index contributed by atoms with van der Waals surface area (Å²) in [4.78, 5) is 12.8. The van der Waals surface area contributed by atoms with Crippen molar-refractivity contribution < 1.29 is 26.7 Å². The normalized spacial score (nSPS) is 16.8. The minimum absolute atomic E-state index is 0.0603. The molecule has 9 heteroatoms. The molecule has 1 aromatic heterocycles. The number of aromatic nitrogens is 1. The number of rotatable bonds is 6. The summed E-state index contributed by atoms with van der Waals surface area (Å²) in [6.45, 7) is 2.87. The zero-order valence-electron chi connectivity index (χ0n) is 17.9. The van der Waals surface area contributed by atoms with Crippen LogP contribution < -0.4 is 10.1 Å². The summed E-state index contributed by atoms with van der Waals surface area (Å²) in [7, 11) is -3.08. The third-order valence-corrected chi connectivity index (χ3v) is 7.69. The zero-order valence-corrected chi connectivity index (χ0v) is 18.7. The van der Waals surface area contributed by atoms with Crippen molar-refractivity contribution in [1.29, 1.82) is 0 Å². The fourth-order valence-corrected chi connectivity index (χ4v) is 6.23. The van der Waals surface area contributed by atoms with Crippen molar-refractivity contribution in [2.75, 3.05) is 11.5 Å². The molecule has 0 saturated carbocycles. The van der Waals surface area contributed by atoms with Crippen LogP contribution in [0.3, 0.4) is 0 Å². The lowest BCUT2D eigenvalue weighted by Gasteiger charge is -2.38. The van der Waals surface area contributed by atoms with E-state index in [9.17, 15) is 22.0 Å². The largest absolute Gasteiger partial charge is 0.435 e. The van der Waals surface area contributed by atoms with E-state index in [1.54, 1.807) is 37.3 Å². The molecule has 1 aliphatic rings. The molecule has 0 bridgehead atoms. The van der Waals surface area contributed by atoms with Gasteiger partial charge in [-0.05, 0) is 48.7 Å². The average Bonchev–Trinajstić information content (AvgIpc) is 3.05. The molecule has 0 aliphatic carbocycles. The van der Waals surface area contributed by atoms with E-state index in [2.05, 4.69) is 10.1 Å². The summed E-state index contributed by atoms with van der Waals surface area (Å²) >= 11 is 0. The second kappa shape index (κ2) is 7.88. The van der Waals surface area contributed by atoms with Gasteiger partial charge < -0.3 is 14.6 Å². The predicted molar refractivity (Wildman–Crippen MR) is 119 cm³/mol. The molecular formula is C23H24F2N2O4S. The van der Waals surface area contributed by atoms with Gasteiger partial charge in [0.1, 0.15) is 5.75 Å². The molecule has 1 aliphatic heterocycles. The van der Waals surface area contributed by atoms with Crippen molar-refractivity contribution in [3.63, 3.8) is 0 Å². The Morgan fingerprint density at radius 2 is 1.88 bits per heavy atom. The summed E-state index contributed by atoms with van der Waals surface area (Å²) in [6.07, 6.45) is 1.93. The van der Waals surface area contributed by atoms with Crippen LogP contribution in [0.15, 0.2) is 48.7 Å². The molecule has 1 saturated heterocycles. The number of hydrogen-bond acceptors (Lipinski definition) is 4. The van der Waals surface area contributed by atoms with Crippen LogP contribution in [-0.4, -0.2) is 42.5 Å². The maximum atomic E-state index is 12.8. The van der Waals surface area contributed by atoms with Gasteiger partial charge in [-0.15, -0.1) is 0 Å². The number of ether oxygens (including phenoxy) is 1. The van der Waals surface area contributed by atoms with Gasteiger partial charge in [0.2, 0.25) is 0 Å². The quantitative estimate of drug-likeness (QED) is 0.594. The standard InChI is InChI=1S/C23H24F2N2O4S/c1-14(2)19-11-27(16-5-4-6-17(10-16)31-22(24)25)20-8-7-15(9-18(19)20)21(28)26-23(3)12-32(29,30)13-23/h4-11,14,22H,12-13H2,1-3H3,(H,26,28). The van der Waals surface area contributed by atoms with Gasteiger partial charge in [0.05, 0.1) is 22.6 Å². The minimum atomic E-state index is -3.08. The Labute approximate surface area is 185 Å². The van der Waals surface area contributed by atoms with E-state index >= 15 is 0 Å². The highest BCUT2D eigenvalue weighted by atomic mass is 32.2. The summed E-state index contributed by atoms with van der Waals surface area (Å²) in [5.74, 6) is -0.270. The van der Waals surface area contributed by atoms with E-state index in [4.69, 9.17) is 0 Å². The maximum absolute atomic E-state index is 12.8. The fraction of sp³-hybridized carbons (Fsp3) is 0.348. The number of hydrogen-bond donors (Lipinski definition) is 1. The number of fused-ring (bicyclic) bond motifs is 1. The maximum Gasteiger partial charge on any atom is 0.387 e.